The maximum absolute atomic E-state index is 5.95. The van der Waals surface area contributed by atoms with Crippen LogP contribution in [0.4, 0.5) is 17.6 Å². The Labute approximate surface area is 130 Å². The van der Waals surface area contributed by atoms with Crippen LogP contribution in [0, 0.1) is 0 Å². The third-order valence-electron chi connectivity index (χ3n) is 2.29. The van der Waals surface area contributed by atoms with E-state index in [1.807, 2.05) is 19.1 Å². The Morgan fingerprint density at radius 1 is 1.25 bits per heavy atom. The minimum Gasteiger partial charge on any atom is -0.464 e. The molecular weight excluding hydrogens is 346 g/mol. The predicted molar refractivity (Wildman–Crippen MR) is 83.0 cm³/mol. The number of ether oxygens (including phenoxy) is 1. The highest BCUT2D eigenvalue weighted by Gasteiger charge is 2.07. The van der Waals surface area contributed by atoms with Gasteiger partial charge in [0.1, 0.15) is 0 Å². The van der Waals surface area contributed by atoms with Gasteiger partial charge in [0, 0.05) is 17.2 Å². The van der Waals surface area contributed by atoms with Crippen LogP contribution in [0.5, 0.6) is 6.01 Å². The van der Waals surface area contributed by atoms with Crippen LogP contribution >= 0.6 is 27.5 Å². The number of hydrogen-bond donors (Lipinski definition) is 2. The van der Waals surface area contributed by atoms with E-state index < -0.39 is 0 Å². The average Bonchev–Trinajstić information content (AvgIpc) is 2.43. The summed E-state index contributed by atoms with van der Waals surface area (Å²) < 4.78 is 6.09. The summed E-state index contributed by atoms with van der Waals surface area (Å²) in [5.74, 6) is 0.820. The monoisotopic (exact) mass is 357 g/mol. The fourth-order valence-corrected chi connectivity index (χ4v) is 1.92. The van der Waals surface area contributed by atoms with Gasteiger partial charge in [-0.2, -0.15) is 15.0 Å². The lowest BCUT2D eigenvalue weighted by atomic mass is 10.3. The zero-order valence-corrected chi connectivity index (χ0v) is 13.3. The summed E-state index contributed by atoms with van der Waals surface area (Å²) in [5, 5.41) is 6.57. The van der Waals surface area contributed by atoms with E-state index in [0.717, 1.165) is 10.2 Å². The molecule has 0 radical (unpaired) electrons. The summed E-state index contributed by atoms with van der Waals surface area (Å²) in [6.07, 6.45) is 0. The standard InChI is InChI=1S/C12H13BrClN5O/c1-3-20-12-18-10(15-2)17-11(19-12)16-7-4-5-9(14)8(13)6-7/h4-6H,3H2,1-2H3,(H2,15,16,17,18,19). The Balaban J connectivity index is 2.27. The molecule has 0 aliphatic carbocycles. The van der Waals surface area contributed by atoms with E-state index in [2.05, 4.69) is 41.5 Å². The lowest BCUT2D eigenvalue weighted by Gasteiger charge is -2.09. The molecule has 1 aromatic heterocycles. The lowest BCUT2D eigenvalue weighted by Crippen LogP contribution is -2.06. The minimum absolute atomic E-state index is 0.266. The molecule has 1 aromatic carbocycles. The first-order valence-corrected chi connectivity index (χ1v) is 7.08. The van der Waals surface area contributed by atoms with Crippen LogP contribution in [0.1, 0.15) is 6.92 Å². The van der Waals surface area contributed by atoms with E-state index >= 15 is 0 Å². The minimum atomic E-state index is 0.266. The molecule has 2 rings (SSSR count). The molecule has 1 heterocycles. The molecule has 106 valence electrons. The van der Waals surface area contributed by atoms with Crippen molar-refractivity contribution in [3.8, 4) is 6.01 Å². The van der Waals surface area contributed by atoms with Gasteiger partial charge in [0.2, 0.25) is 11.9 Å². The van der Waals surface area contributed by atoms with Gasteiger partial charge >= 0.3 is 6.01 Å². The summed E-state index contributed by atoms with van der Waals surface area (Å²) in [6.45, 7) is 2.35. The van der Waals surface area contributed by atoms with Crippen molar-refractivity contribution in [2.75, 3.05) is 24.3 Å². The van der Waals surface area contributed by atoms with E-state index in [1.54, 1.807) is 13.1 Å². The molecule has 20 heavy (non-hydrogen) atoms. The fraction of sp³-hybridized carbons (Fsp3) is 0.250. The highest BCUT2D eigenvalue weighted by atomic mass is 79.9. The predicted octanol–water partition coefficient (Wildman–Crippen LogP) is 3.47. The van der Waals surface area contributed by atoms with Crippen LogP contribution < -0.4 is 15.4 Å². The van der Waals surface area contributed by atoms with Gasteiger partial charge in [0.05, 0.1) is 11.6 Å². The van der Waals surface area contributed by atoms with Gasteiger partial charge in [-0.25, -0.2) is 0 Å². The first-order chi connectivity index (χ1) is 9.62. The second-order valence-corrected chi connectivity index (χ2v) is 4.96. The average molecular weight is 359 g/mol. The Kier molecular flexibility index (Phi) is 4.97. The number of nitrogens with one attached hydrogen (secondary N) is 2. The van der Waals surface area contributed by atoms with E-state index in [9.17, 15) is 0 Å². The number of rotatable bonds is 5. The molecule has 6 nitrogen and oxygen atoms in total. The molecule has 0 spiro atoms. The summed E-state index contributed by atoms with van der Waals surface area (Å²) in [4.78, 5) is 12.5. The second kappa shape index (κ2) is 6.71. The molecular formula is C12H13BrClN5O. The normalized spacial score (nSPS) is 10.2. The molecule has 0 aliphatic heterocycles. The third-order valence-corrected chi connectivity index (χ3v) is 3.50. The van der Waals surface area contributed by atoms with Crippen LogP contribution in [0.15, 0.2) is 22.7 Å². The maximum Gasteiger partial charge on any atom is 0.323 e. The van der Waals surface area contributed by atoms with Gasteiger partial charge in [-0.1, -0.05) is 11.6 Å². The first kappa shape index (κ1) is 14.8. The molecule has 0 fully saturated rings. The first-order valence-electron chi connectivity index (χ1n) is 5.91. The van der Waals surface area contributed by atoms with Crippen molar-refractivity contribution in [1.82, 2.24) is 15.0 Å². The second-order valence-electron chi connectivity index (χ2n) is 3.70. The Morgan fingerprint density at radius 2 is 2.00 bits per heavy atom. The van der Waals surface area contributed by atoms with Crippen molar-refractivity contribution < 1.29 is 4.74 Å². The summed E-state index contributed by atoms with van der Waals surface area (Å²) in [5.41, 5.74) is 0.803. The number of anilines is 3. The Morgan fingerprint density at radius 3 is 2.65 bits per heavy atom. The van der Waals surface area contributed by atoms with Gasteiger partial charge in [-0.15, -0.1) is 0 Å². The number of aromatic nitrogens is 3. The number of nitrogens with zero attached hydrogens (tertiary/aromatic N) is 3. The van der Waals surface area contributed by atoms with Crippen molar-refractivity contribution in [3.05, 3.63) is 27.7 Å². The molecule has 8 heteroatoms. The molecule has 0 amide bonds. The number of halogens is 2. The fourth-order valence-electron chi connectivity index (χ4n) is 1.42. The van der Waals surface area contributed by atoms with E-state index in [1.165, 1.54) is 0 Å². The number of hydrogen-bond acceptors (Lipinski definition) is 6. The summed E-state index contributed by atoms with van der Waals surface area (Å²) in [6, 6.07) is 5.71. The van der Waals surface area contributed by atoms with Gasteiger partial charge in [-0.05, 0) is 41.1 Å². The van der Waals surface area contributed by atoms with Crippen LogP contribution in [0.25, 0.3) is 0 Å². The lowest BCUT2D eigenvalue weighted by molar-refractivity contribution is 0.312. The highest BCUT2D eigenvalue weighted by molar-refractivity contribution is 9.10. The topological polar surface area (TPSA) is 72.0 Å². The van der Waals surface area contributed by atoms with Gasteiger partial charge in [0.15, 0.2) is 0 Å². The van der Waals surface area contributed by atoms with Crippen LogP contribution in [0.2, 0.25) is 5.02 Å². The summed E-state index contributed by atoms with van der Waals surface area (Å²) in [7, 11) is 1.73. The van der Waals surface area contributed by atoms with Crippen LogP contribution in [-0.2, 0) is 0 Å². The van der Waals surface area contributed by atoms with E-state index in [4.69, 9.17) is 16.3 Å². The molecule has 0 aliphatic rings. The Bertz CT molecular complexity index is 610. The zero-order valence-electron chi connectivity index (χ0n) is 10.9. The van der Waals surface area contributed by atoms with Gasteiger partial charge in [-0.3, -0.25) is 0 Å². The summed E-state index contributed by atoms with van der Waals surface area (Å²) >= 11 is 9.32. The Hall–Kier alpha value is -1.60. The van der Waals surface area contributed by atoms with Crippen molar-refractivity contribution >= 4 is 45.1 Å². The number of benzene rings is 1. The van der Waals surface area contributed by atoms with Gasteiger partial charge in [0.25, 0.3) is 0 Å². The van der Waals surface area contributed by atoms with E-state index in [-0.39, 0.29) is 6.01 Å². The van der Waals surface area contributed by atoms with Crippen molar-refractivity contribution in [2.24, 2.45) is 0 Å². The molecule has 0 bridgehead atoms. The van der Waals surface area contributed by atoms with Gasteiger partial charge < -0.3 is 15.4 Å². The molecule has 0 saturated carbocycles. The zero-order chi connectivity index (χ0) is 14.5. The molecule has 0 atom stereocenters. The van der Waals surface area contributed by atoms with Crippen LogP contribution in [0.3, 0.4) is 0 Å². The maximum atomic E-state index is 5.95. The third kappa shape index (κ3) is 3.71. The SMILES string of the molecule is CCOc1nc(NC)nc(Nc2ccc(Cl)c(Br)c2)n1. The van der Waals surface area contributed by atoms with Crippen molar-refractivity contribution in [2.45, 2.75) is 6.92 Å². The largest absolute Gasteiger partial charge is 0.464 e. The quantitative estimate of drug-likeness (QED) is 0.852. The van der Waals surface area contributed by atoms with E-state index in [0.29, 0.717) is 23.5 Å². The smallest absolute Gasteiger partial charge is 0.323 e. The molecule has 0 saturated heterocycles. The van der Waals surface area contributed by atoms with Crippen molar-refractivity contribution in [1.29, 1.82) is 0 Å². The van der Waals surface area contributed by atoms with Crippen molar-refractivity contribution in [3.63, 3.8) is 0 Å². The highest BCUT2D eigenvalue weighted by Crippen LogP contribution is 2.27. The van der Waals surface area contributed by atoms with Crippen LogP contribution in [-0.4, -0.2) is 28.6 Å². The molecule has 2 N–H and O–H groups in total. The molecule has 0 unspecified atom stereocenters. The molecule has 2 aromatic rings.